The van der Waals surface area contributed by atoms with E-state index in [1.165, 1.54) is 19.3 Å². The first-order chi connectivity index (χ1) is 9.95. The summed E-state index contributed by atoms with van der Waals surface area (Å²) in [7, 11) is 0. The van der Waals surface area contributed by atoms with Gasteiger partial charge in [0.15, 0.2) is 0 Å². The maximum absolute atomic E-state index is 12.4. The second kappa shape index (κ2) is 4.43. The third-order valence-corrected chi connectivity index (χ3v) is 8.19. The van der Waals surface area contributed by atoms with E-state index in [2.05, 4.69) is 13.8 Å². The molecule has 0 radical (unpaired) electrons. The van der Waals surface area contributed by atoms with Crippen LogP contribution in [0, 0.1) is 34.5 Å². The van der Waals surface area contributed by atoms with Gasteiger partial charge in [-0.1, -0.05) is 13.8 Å². The standard InChI is InChI=1S/C19H28O2/c1-18-9-7-13(20)11-12(18)3-4-14-15-5-6-17(21)19(15,2)10-8-16(14)18/h12,14-16H,3-11H2,1-2H3/t12-,14?,15?,16?,18-,19-/m0/s1. The fourth-order valence-electron chi connectivity index (χ4n) is 6.82. The Hall–Kier alpha value is -0.660. The van der Waals surface area contributed by atoms with E-state index in [-0.39, 0.29) is 5.41 Å². The zero-order valence-corrected chi connectivity index (χ0v) is 13.5. The molecule has 2 nitrogen and oxygen atoms in total. The first kappa shape index (κ1) is 14.0. The van der Waals surface area contributed by atoms with Crippen molar-refractivity contribution in [2.75, 3.05) is 0 Å². The Morgan fingerprint density at radius 1 is 0.905 bits per heavy atom. The highest BCUT2D eigenvalue weighted by atomic mass is 16.1. The highest BCUT2D eigenvalue weighted by molar-refractivity contribution is 5.87. The smallest absolute Gasteiger partial charge is 0.139 e. The fraction of sp³-hybridized carbons (Fsp3) is 0.895. The van der Waals surface area contributed by atoms with Gasteiger partial charge < -0.3 is 0 Å². The molecule has 0 saturated heterocycles. The van der Waals surface area contributed by atoms with E-state index in [0.717, 1.165) is 50.4 Å². The number of fused-ring (bicyclic) bond motifs is 5. The largest absolute Gasteiger partial charge is 0.300 e. The van der Waals surface area contributed by atoms with Crippen molar-refractivity contribution in [3.05, 3.63) is 0 Å². The molecule has 4 saturated carbocycles. The zero-order valence-electron chi connectivity index (χ0n) is 13.5. The first-order valence-corrected chi connectivity index (χ1v) is 9.00. The molecule has 0 aromatic rings. The Labute approximate surface area is 128 Å². The molecule has 2 heteroatoms. The van der Waals surface area contributed by atoms with Crippen molar-refractivity contribution in [3.63, 3.8) is 0 Å². The summed E-state index contributed by atoms with van der Waals surface area (Å²) in [5.41, 5.74) is 0.374. The first-order valence-electron chi connectivity index (χ1n) is 9.00. The third-order valence-electron chi connectivity index (χ3n) is 8.19. The Kier molecular flexibility index (Phi) is 2.94. The summed E-state index contributed by atoms with van der Waals surface area (Å²) in [6, 6.07) is 0. The minimum absolute atomic E-state index is 0.00511. The van der Waals surface area contributed by atoms with E-state index in [0.29, 0.717) is 28.8 Å². The summed E-state index contributed by atoms with van der Waals surface area (Å²) >= 11 is 0. The zero-order chi connectivity index (χ0) is 14.8. The van der Waals surface area contributed by atoms with Gasteiger partial charge in [-0.2, -0.15) is 0 Å². The molecule has 6 atom stereocenters. The van der Waals surface area contributed by atoms with Crippen LogP contribution in [0.2, 0.25) is 0 Å². The Bertz CT molecular complexity index is 496. The van der Waals surface area contributed by atoms with Gasteiger partial charge in [-0.05, 0) is 67.6 Å². The van der Waals surface area contributed by atoms with Crippen molar-refractivity contribution >= 4 is 11.6 Å². The summed E-state index contributed by atoms with van der Waals surface area (Å²) in [6.07, 6.45) is 9.53. The second-order valence-corrected chi connectivity index (χ2v) is 8.82. The van der Waals surface area contributed by atoms with Crippen LogP contribution in [0.1, 0.15) is 71.6 Å². The van der Waals surface area contributed by atoms with Crippen LogP contribution in [0.25, 0.3) is 0 Å². The summed E-state index contributed by atoms with van der Waals surface area (Å²) in [6.45, 7) is 4.72. The number of ketones is 2. The maximum atomic E-state index is 12.4. The molecule has 4 rings (SSSR count). The van der Waals surface area contributed by atoms with Crippen molar-refractivity contribution < 1.29 is 9.59 Å². The van der Waals surface area contributed by atoms with Crippen molar-refractivity contribution in [2.24, 2.45) is 34.5 Å². The van der Waals surface area contributed by atoms with E-state index in [9.17, 15) is 9.59 Å². The molecular weight excluding hydrogens is 260 g/mol. The van der Waals surface area contributed by atoms with Gasteiger partial charge in [0.1, 0.15) is 11.6 Å². The lowest BCUT2D eigenvalue weighted by molar-refractivity contribution is -0.144. The molecule has 4 aliphatic carbocycles. The highest BCUT2D eigenvalue weighted by Crippen LogP contribution is 2.65. The monoisotopic (exact) mass is 288 g/mol. The highest BCUT2D eigenvalue weighted by Gasteiger charge is 2.60. The lowest BCUT2D eigenvalue weighted by Crippen LogP contribution is -2.53. The average Bonchev–Trinajstić information content (AvgIpc) is 2.76. The molecule has 0 bridgehead atoms. The lowest BCUT2D eigenvalue weighted by atomic mass is 9.45. The number of rotatable bonds is 0. The summed E-state index contributed by atoms with van der Waals surface area (Å²) in [4.78, 5) is 24.2. The molecule has 0 N–H and O–H groups in total. The third kappa shape index (κ3) is 1.77. The van der Waals surface area contributed by atoms with Crippen LogP contribution in [-0.4, -0.2) is 11.6 Å². The van der Waals surface area contributed by atoms with Gasteiger partial charge in [0.25, 0.3) is 0 Å². The van der Waals surface area contributed by atoms with Crippen LogP contribution in [0.15, 0.2) is 0 Å². The SMILES string of the molecule is C[C@]12CCC3C(CC[C@H]4CC(=O)CC[C@]34C)C1CCC2=O. The number of carbonyl (C=O) groups excluding carboxylic acids is 2. The molecule has 0 aromatic carbocycles. The molecule has 0 heterocycles. The molecule has 0 aliphatic heterocycles. The summed E-state index contributed by atoms with van der Waals surface area (Å²) in [5, 5.41) is 0. The van der Waals surface area contributed by atoms with Crippen LogP contribution in [0.5, 0.6) is 0 Å². The van der Waals surface area contributed by atoms with Gasteiger partial charge >= 0.3 is 0 Å². The van der Waals surface area contributed by atoms with Crippen molar-refractivity contribution in [2.45, 2.75) is 71.6 Å². The quantitative estimate of drug-likeness (QED) is 0.670. The fourth-order valence-corrected chi connectivity index (χ4v) is 6.82. The van der Waals surface area contributed by atoms with Crippen molar-refractivity contribution in [3.8, 4) is 0 Å². The maximum Gasteiger partial charge on any atom is 0.139 e. The number of carbonyl (C=O) groups is 2. The summed E-state index contributed by atoms with van der Waals surface area (Å²) in [5.74, 6) is 3.82. The number of hydrogen-bond donors (Lipinski definition) is 0. The minimum atomic E-state index is -0.00511. The molecule has 0 amide bonds. The molecule has 116 valence electrons. The predicted molar refractivity (Wildman–Crippen MR) is 81.7 cm³/mol. The molecule has 0 aromatic heterocycles. The minimum Gasteiger partial charge on any atom is -0.300 e. The van der Waals surface area contributed by atoms with Crippen LogP contribution in [-0.2, 0) is 9.59 Å². The van der Waals surface area contributed by atoms with Crippen LogP contribution in [0.4, 0.5) is 0 Å². The summed E-state index contributed by atoms with van der Waals surface area (Å²) < 4.78 is 0. The van der Waals surface area contributed by atoms with E-state index < -0.39 is 0 Å². The Morgan fingerprint density at radius 2 is 1.71 bits per heavy atom. The van der Waals surface area contributed by atoms with Gasteiger partial charge in [0, 0.05) is 24.7 Å². The lowest BCUT2D eigenvalue weighted by Gasteiger charge is -2.59. The van der Waals surface area contributed by atoms with E-state index in [1.807, 2.05) is 0 Å². The van der Waals surface area contributed by atoms with Crippen LogP contribution < -0.4 is 0 Å². The molecule has 4 fully saturated rings. The number of Topliss-reactive ketones (excluding diaryl/α,β-unsaturated/α-hetero) is 2. The molecule has 4 aliphatic rings. The van der Waals surface area contributed by atoms with Gasteiger partial charge in [-0.3, -0.25) is 9.59 Å². The molecular formula is C19H28O2. The van der Waals surface area contributed by atoms with E-state index in [4.69, 9.17) is 0 Å². The van der Waals surface area contributed by atoms with Crippen LogP contribution >= 0.6 is 0 Å². The predicted octanol–water partition coefficient (Wildman–Crippen LogP) is 4.17. The van der Waals surface area contributed by atoms with Crippen molar-refractivity contribution in [1.82, 2.24) is 0 Å². The Morgan fingerprint density at radius 3 is 2.52 bits per heavy atom. The molecule has 0 spiro atoms. The molecule has 21 heavy (non-hydrogen) atoms. The molecule has 3 unspecified atom stereocenters. The normalized spacial score (nSPS) is 53.0. The van der Waals surface area contributed by atoms with Gasteiger partial charge in [0.05, 0.1) is 0 Å². The topological polar surface area (TPSA) is 34.1 Å². The number of hydrogen-bond acceptors (Lipinski definition) is 2. The van der Waals surface area contributed by atoms with E-state index >= 15 is 0 Å². The van der Waals surface area contributed by atoms with Crippen LogP contribution in [0.3, 0.4) is 0 Å². The van der Waals surface area contributed by atoms with Gasteiger partial charge in [-0.25, -0.2) is 0 Å². The average molecular weight is 288 g/mol. The second-order valence-electron chi connectivity index (χ2n) is 8.82. The van der Waals surface area contributed by atoms with Gasteiger partial charge in [-0.15, -0.1) is 0 Å². The van der Waals surface area contributed by atoms with E-state index in [1.54, 1.807) is 0 Å². The van der Waals surface area contributed by atoms with Gasteiger partial charge in [0.2, 0.25) is 0 Å². The Balaban J connectivity index is 1.65. The van der Waals surface area contributed by atoms with Crippen molar-refractivity contribution in [1.29, 1.82) is 0 Å².